The lowest BCUT2D eigenvalue weighted by Gasteiger charge is -2.16. The van der Waals surface area contributed by atoms with Gasteiger partial charge in [-0.25, -0.2) is 0 Å². The zero-order valence-corrected chi connectivity index (χ0v) is 12.8. The van der Waals surface area contributed by atoms with Gasteiger partial charge < -0.3 is 0 Å². The molecule has 2 rings (SSSR count). The second-order valence-corrected chi connectivity index (χ2v) is 5.60. The van der Waals surface area contributed by atoms with Crippen molar-refractivity contribution in [2.75, 3.05) is 0 Å². The highest BCUT2D eigenvalue weighted by atomic mass is 16.1. The van der Waals surface area contributed by atoms with Gasteiger partial charge in [0.1, 0.15) is 0 Å². The molecule has 0 aliphatic carbocycles. The number of hydrogen-bond acceptors (Lipinski definition) is 1. The minimum atomic E-state index is 0.251. The fourth-order valence-electron chi connectivity index (χ4n) is 2.72. The fraction of sp³-hybridized carbons (Fsp3) is 0.350. The molecule has 0 aliphatic heterocycles. The lowest BCUT2D eigenvalue weighted by atomic mass is 9.87. The summed E-state index contributed by atoms with van der Waals surface area (Å²) in [7, 11) is 0. The van der Waals surface area contributed by atoms with Crippen molar-refractivity contribution >= 4 is 5.78 Å². The van der Waals surface area contributed by atoms with Crippen molar-refractivity contribution in [1.82, 2.24) is 0 Å². The van der Waals surface area contributed by atoms with Crippen LogP contribution in [0.2, 0.25) is 0 Å². The van der Waals surface area contributed by atoms with Gasteiger partial charge >= 0.3 is 0 Å². The summed E-state index contributed by atoms with van der Waals surface area (Å²) in [6.45, 7) is 2.21. The number of carbonyl (C=O) groups excluding carboxylic acids is 1. The van der Waals surface area contributed by atoms with Crippen molar-refractivity contribution in [3.05, 3.63) is 71.8 Å². The summed E-state index contributed by atoms with van der Waals surface area (Å²) in [6.07, 6.45) is 5.35. The van der Waals surface area contributed by atoms with E-state index in [2.05, 4.69) is 31.2 Å². The standard InChI is InChI=1S/C20H24O/c1-2-3-6-15-19(17-11-7-4-8-12-17)16-20(21)18-13-9-5-10-14-18/h4-5,7-14,19H,2-3,6,15-16H2,1H3/t19-/m1/s1. The first-order valence-electron chi connectivity index (χ1n) is 7.94. The Morgan fingerprint density at radius 2 is 1.52 bits per heavy atom. The average molecular weight is 280 g/mol. The van der Waals surface area contributed by atoms with Crippen LogP contribution in [0, 0.1) is 0 Å². The molecule has 0 bridgehead atoms. The lowest BCUT2D eigenvalue weighted by Crippen LogP contribution is -2.08. The van der Waals surface area contributed by atoms with Gasteiger partial charge in [-0.15, -0.1) is 0 Å². The predicted octanol–water partition coefficient (Wildman–Crippen LogP) is 5.62. The number of rotatable bonds is 8. The number of benzene rings is 2. The van der Waals surface area contributed by atoms with Crippen LogP contribution in [-0.2, 0) is 0 Å². The third kappa shape index (κ3) is 4.86. The van der Waals surface area contributed by atoms with E-state index < -0.39 is 0 Å². The second kappa shape index (κ2) is 8.41. The fourth-order valence-corrected chi connectivity index (χ4v) is 2.72. The number of ketones is 1. The van der Waals surface area contributed by atoms with E-state index in [9.17, 15) is 4.79 Å². The van der Waals surface area contributed by atoms with E-state index in [0.29, 0.717) is 12.3 Å². The van der Waals surface area contributed by atoms with Gasteiger partial charge in [0.15, 0.2) is 5.78 Å². The van der Waals surface area contributed by atoms with Crippen LogP contribution in [0.5, 0.6) is 0 Å². The zero-order valence-electron chi connectivity index (χ0n) is 12.8. The maximum absolute atomic E-state index is 12.5. The van der Waals surface area contributed by atoms with Crippen LogP contribution in [0.4, 0.5) is 0 Å². The Morgan fingerprint density at radius 1 is 0.905 bits per heavy atom. The Bertz CT molecular complexity index is 530. The number of hydrogen-bond donors (Lipinski definition) is 0. The topological polar surface area (TPSA) is 17.1 Å². The smallest absolute Gasteiger partial charge is 0.163 e. The van der Waals surface area contributed by atoms with E-state index >= 15 is 0 Å². The summed E-state index contributed by atoms with van der Waals surface area (Å²) in [5.74, 6) is 0.589. The maximum atomic E-state index is 12.5. The molecule has 1 heteroatoms. The summed E-state index contributed by atoms with van der Waals surface area (Å²) in [5, 5.41) is 0. The van der Waals surface area contributed by atoms with Gasteiger partial charge in [-0.05, 0) is 17.9 Å². The molecular formula is C20H24O. The molecular weight excluding hydrogens is 256 g/mol. The molecule has 2 aromatic rings. The third-order valence-electron chi connectivity index (χ3n) is 3.95. The Hall–Kier alpha value is -1.89. The molecule has 0 N–H and O–H groups in total. The van der Waals surface area contributed by atoms with E-state index in [-0.39, 0.29) is 5.78 Å². The van der Waals surface area contributed by atoms with E-state index in [1.807, 2.05) is 36.4 Å². The SMILES string of the molecule is CCCCC[C@H](CC(=O)c1ccccc1)c1ccccc1. The Labute approximate surface area is 128 Å². The molecule has 0 fully saturated rings. The molecule has 0 heterocycles. The molecule has 1 nitrogen and oxygen atoms in total. The second-order valence-electron chi connectivity index (χ2n) is 5.60. The molecule has 2 aromatic carbocycles. The van der Waals surface area contributed by atoms with Gasteiger partial charge in [0.2, 0.25) is 0 Å². The molecule has 0 amide bonds. The molecule has 110 valence electrons. The number of unbranched alkanes of at least 4 members (excludes halogenated alkanes) is 2. The van der Waals surface area contributed by atoms with Crippen LogP contribution >= 0.6 is 0 Å². The maximum Gasteiger partial charge on any atom is 0.163 e. The van der Waals surface area contributed by atoms with Crippen molar-refractivity contribution in [2.24, 2.45) is 0 Å². The Kier molecular flexibility index (Phi) is 6.21. The van der Waals surface area contributed by atoms with Crippen molar-refractivity contribution in [3.8, 4) is 0 Å². The quantitative estimate of drug-likeness (QED) is 0.453. The molecule has 0 saturated heterocycles. The van der Waals surface area contributed by atoms with Crippen molar-refractivity contribution < 1.29 is 4.79 Å². The van der Waals surface area contributed by atoms with Crippen molar-refractivity contribution in [2.45, 2.75) is 44.9 Å². The number of Topliss-reactive ketones (excluding diaryl/α,β-unsaturated/α-hetero) is 1. The van der Waals surface area contributed by atoms with Gasteiger partial charge in [0.05, 0.1) is 0 Å². The summed E-state index contributed by atoms with van der Waals surface area (Å²) < 4.78 is 0. The van der Waals surface area contributed by atoms with Gasteiger partial charge in [0.25, 0.3) is 0 Å². The predicted molar refractivity (Wildman–Crippen MR) is 88.7 cm³/mol. The minimum Gasteiger partial charge on any atom is -0.294 e. The monoisotopic (exact) mass is 280 g/mol. The Morgan fingerprint density at radius 3 is 2.14 bits per heavy atom. The first-order chi connectivity index (χ1) is 10.3. The van der Waals surface area contributed by atoms with Gasteiger partial charge in [-0.1, -0.05) is 86.8 Å². The van der Waals surface area contributed by atoms with Crippen LogP contribution in [-0.4, -0.2) is 5.78 Å². The Balaban J connectivity index is 2.07. The summed E-state index contributed by atoms with van der Waals surface area (Å²) in [4.78, 5) is 12.5. The molecule has 0 aliphatic rings. The van der Waals surface area contributed by atoms with Gasteiger partial charge in [0, 0.05) is 12.0 Å². The summed E-state index contributed by atoms with van der Waals surface area (Å²) in [6, 6.07) is 20.1. The molecule has 0 aromatic heterocycles. The molecule has 0 spiro atoms. The van der Waals surface area contributed by atoms with Crippen molar-refractivity contribution in [3.63, 3.8) is 0 Å². The molecule has 1 atom stereocenters. The highest BCUT2D eigenvalue weighted by Crippen LogP contribution is 2.27. The minimum absolute atomic E-state index is 0.251. The van der Waals surface area contributed by atoms with E-state index in [0.717, 1.165) is 12.0 Å². The lowest BCUT2D eigenvalue weighted by molar-refractivity contribution is 0.0972. The summed E-state index contributed by atoms with van der Waals surface area (Å²) in [5.41, 5.74) is 2.12. The third-order valence-corrected chi connectivity index (χ3v) is 3.95. The van der Waals surface area contributed by atoms with E-state index in [4.69, 9.17) is 0 Å². The number of carbonyl (C=O) groups is 1. The van der Waals surface area contributed by atoms with Crippen LogP contribution < -0.4 is 0 Å². The first kappa shape index (κ1) is 15.5. The van der Waals surface area contributed by atoms with Gasteiger partial charge in [-0.2, -0.15) is 0 Å². The highest BCUT2D eigenvalue weighted by molar-refractivity contribution is 5.96. The summed E-state index contributed by atoms with van der Waals surface area (Å²) >= 11 is 0. The average Bonchev–Trinajstić information content (AvgIpc) is 2.55. The van der Waals surface area contributed by atoms with Crippen LogP contribution in [0.25, 0.3) is 0 Å². The van der Waals surface area contributed by atoms with Crippen LogP contribution in [0.1, 0.15) is 60.9 Å². The normalized spacial score (nSPS) is 12.0. The van der Waals surface area contributed by atoms with Crippen molar-refractivity contribution in [1.29, 1.82) is 0 Å². The first-order valence-corrected chi connectivity index (χ1v) is 7.94. The van der Waals surface area contributed by atoms with Gasteiger partial charge in [-0.3, -0.25) is 4.79 Å². The molecule has 0 radical (unpaired) electrons. The molecule has 0 saturated carbocycles. The van der Waals surface area contributed by atoms with E-state index in [1.165, 1.54) is 24.8 Å². The molecule has 0 unspecified atom stereocenters. The van der Waals surface area contributed by atoms with E-state index in [1.54, 1.807) is 0 Å². The molecule has 21 heavy (non-hydrogen) atoms. The highest BCUT2D eigenvalue weighted by Gasteiger charge is 2.16. The zero-order chi connectivity index (χ0) is 14.9. The van der Waals surface area contributed by atoms with Crippen LogP contribution in [0.15, 0.2) is 60.7 Å². The largest absolute Gasteiger partial charge is 0.294 e. The van der Waals surface area contributed by atoms with Crippen LogP contribution in [0.3, 0.4) is 0 Å².